The lowest BCUT2D eigenvalue weighted by atomic mass is 9.97. The second-order valence-electron chi connectivity index (χ2n) is 6.36. The molecule has 0 spiro atoms. The number of hydrogen-bond donors (Lipinski definition) is 1. The lowest BCUT2D eigenvalue weighted by Gasteiger charge is -2.18. The zero-order chi connectivity index (χ0) is 16.2. The van der Waals surface area contributed by atoms with E-state index in [9.17, 15) is 4.79 Å². The lowest BCUT2D eigenvalue weighted by Crippen LogP contribution is -2.32. The van der Waals surface area contributed by atoms with Crippen LogP contribution >= 0.6 is 11.6 Å². The summed E-state index contributed by atoms with van der Waals surface area (Å²) >= 11 is 5.94. The van der Waals surface area contributed by atoms with E-state index < -0.39 is 0 Å². The molecule has 0 saturated heterocycles. The fourth-order valence-corrected chi connectivity index (χ4v) is 1.96. The number of halogens is 1. The summed E-state index contributed by atoms with van der Waals surface area (Å²) in [6, 6.07) is 7.24. The minimum absolute atomic E-state index is 0.0163. The second kappa shape index (κ2) is 6.92. The van der Waals surface area contributed by atoms with E-state index in [1.165, 1.54) is 0 Å². The van der Waals surface area contributed by atoms with Crippen molar-refractivity contribution in [3.05, 3.63) is 35.2 Å². The number of nitrogens with zero attached hydrogens (tertiary/aromatic N) is 2. The van der Waals surface area contributed by atoms with Crippen LogP contribution in [0.1, 0.15) is 33.1 Å². The molecule has 1 heterocycles. The highest BCUT2D eigenvalue weighted by Crippen LogP contribution is 2.20. The Hall–Kier alpha value is -1.88. The molecule has 1 amide bonds. The molecule has 22 heavy (non-hydrogen) atoms. The van der Waals surface area contributed by atoms with Gasteiger partial charge in [0.1, 0.15) is 0 Å². The van der Waals surface area contributed by atoms with Gasteiger partial charge in [-0.25, -0.2) is 0 Å². The first-order valence-corrected chi connectivity index (χ1v) is 7.56. The fraction of sp³-hybridized carbons (Fsp3) is 0.438. The Balaban J connectivity index is 1.89. The summed E-state index contributed by atoms with van der Waals surface area (Å²) < 4.78 is 5.17. The average molecular weight is 322 g/mol. The molecule has 5 nitrogen and oxygen atoms in total. The van der Waals surface area contributed by atoms with Gasteiger partial charge in [0.25, 0.3) is 0 Å². The third-order valence-electron chi connectivity index (χ3n) is 2.93. The largest absolute Gasteiger partial charge is 0.356 e. The molecule has 0 aliphatic carbocycles. The molecule has 0 atom stereocenters. The van der Waals surface area contributed by atoms with Crippen molar-refractivity contribution in [3.63, 3.8) is 0 Å². The van der Waals surface area contributed by atoms with E-state index in [2.05, 4.69) is 36.2 Å². The van der Waals surface area contributed by atoms with Crippen LogP contribution < -0.4 is 5.32 Å². The summed E-state index contributed by atoms with van der Waals surface area (Å²) in [5.41, 5.74) is 0.861. The molecule has 1 N–H and O–H groups in total. The normalized spacial score (nSPS) is 11.5. The zero-order valence-corrected chi connectivity index (χ0v) is 13.8. The number of aryl methyl sites for hydroxylation is 1. The van der Waals surface area contributed by atoms with Gasteiger partial charge in [-0.3, -0.25) is 4.79 Å². The van der Waals surface area contributed by atoms with Crippen LogP contribution in [-0.4, -0.2) is 22.6 Å². The van der Waals surface area contributed by atoms with E-state index in [1.807, 2.05) is 12.1 Å². The topological polar surface area (TPSA) is 68.0 Å². The number of benzene rings is 1. The van der Waals surface area contributed by atoms with Crippen LogP contribution in [0.4, 0.5) is 0 Å². The number of amides is 1. The molecular formula is C16H20ClN3O2. The highest BCUT2D eigenvalue weighted by Gasteiger charge is 2.14. The number of nitrogens with one attached hydrogen (secondary N) is 1. The molecule has 0 unspecified atom stereocenters. The fourth-order valence-electron chi connectivity index (χ4n) is 1.77. The van der Waals surface area contributed by atoms with Crippen molar-refractivity contribution >= 4 is 17.5 Å². The third kappa shape index (κ3) is 5.15. The lowest BCUT2D eigenvalue weighted by molar-refractivity contribution is -0.121. The Bertz CT molecular complexity index is 647. The Kier molecular flexibility index (Phi) is 5.19. The molecular weight excluding hydrogens is 302 g/mol. The van der Waals surface area contributed by atoms with Gasteiger partial charge in [0.15, 0.2) is 0 Å². The summed E-state index contributed by atoms with van der Waals surface area (Å²) in [5.74, 6) is 0.908. The highest BCUT2D eigenvalue weighted by molar-refractivity contribution is 6.30. The van der Waals surface area contributed by atoms with E-state index in [1.54, 1.807) is 12.1 Å². The molecule has 0 radical (unpaired) electrons. The second-order valence-corrected chi connectivity index (χ2v) is 6.80. The van der Waals surface area contributed by atoms with Crippen LogP contribution in [0.2, 0.25) is 5.02 Å². The van der Waals surface area contributed by atoms with Crippen LogP contribution in [0, 0.1) is 5.41 Å². The highest BCUT2D eigenvalue weighted by atomic mass is 35.5. The number of hydrogen-bond acceptors (Lipinski definition) is 4. The predicted molar refractivity (Wildman–Crippen MR) is 85.5 cm³/mol. The van der Waals surface area contributed by atoms with E-state index in [-0.39, 0.29) is 11.3 Å². The van der Waals surface area contributed by atoms with Crippen LogP contribution in [0.3, 0.4) is 0 Å². The maximum absolute atomic E-state index is 11.8. The minimum atomic E-state index is -0.0163. The first-order chi connectivity index (χ1) is 10.3. The van der Waals surface area contributed by atoms with Crippen molar-refractivity contribution in [1.29, 1.82) is 0 Å². The third-order valence-corrected chi connectivity index (χ3v) is 3.17. The van der Waals surface area contributed by atoms with Gasteiger partial charge in [-0.15, -0.1) is 0 Å². The SMILES string of the molecule is CC(C)(C)CNC(=O)CCc1nc(-c2cccc(Cl)c2)no1. The number of aromatic nitrogens is 2. The number of rotatable bonds is 5. The van der Waals surface area contributed by atoms with Crippen molar-refractivity contribution in [2.24, 2.45) is 5.41 Å². The molecule has 2 rings (SSSR count). The van der Waals surface area contributed by atoms with Crippen LogP contribution in [0.15, 0.2) is 28.8 Å². The predicted octanol–water partition coefficient (Wildman–Crippen LogP) is 3.48. The average Bonchev–Trinajstić information content (AvgIpc) is 2.91. The minimum Gasteiger partial charge on any atom is -0.356 e. The molecule has 6 heteroatoms. The standard InChI is InChI=1S/C16H20ClN3O2/c1-16(2,3)10-18-13(21)7-8-14-19-15(20-22-14)11-5-4-6-12(17)9-11/h4-6,9H,7-8,10H2,1-3H3,(H,18,21). The van der Waals surface area contributed by atoms with Gasteiger partial charge >= 0.3 is 0 Å². The van der Waals surface area contributed by atoms with Crippen molar-refractivity contribution < 1.29 is 9.32 Å². The summed E-state index contributed by atoms with van der Waals surface area (Å²) in [5, 5.41) is 7.42. The maximum Gasteiger partial charge on any atom is 0.227 e. The van der Waals surface area contributed by atoms with Gasteiger partial charge in [0.2, 0.25) is 17.6 Å². The van der Waals surface area contributed by atoms with Gasteiger partial charge < -0.3 is 9.84 Å². The van der Waals surface area contributed by atoms with Gasteiger partial charge in [0.05, 0.1) is 0 Å². The molecule has 1 aromatic carbocycles. The zero-order valence-electron chi connectivity index (χ0n) is 13.0. The Morgan fingerprint density at radius 1 is 1.36 bits per heavy atom. The molecule has 0 aliphatic rings. The van der Waals surface area contributed by atoms with Crippen molar-refractivity contribution in [1.82, 2.24) is 15.5 Å². The summed E-state index contributed by atoms with van der Waals surface area (Å²) in [7, 11) is 0. The van der Waals surface area contributed by atoms with Crippen LogP contribution in [0.25, 0.3) is 11.4 Å². The van der Waals surface area contributed by atoms with Crippen molar-refractivity contribution in [2.45, 2.75) is 33.6 Å². The summed E-state index contributed by atoms with van der Waals surface area (Å²) in [6.07, 6.45) is 0.747. The van der Waals surface area contributed by atoms with Crippen LogP contribution in [0.5, 0.6) is 0 Å². The van der Waals surface area contributed by atoms with E-state index >= 15 is 0 Å². The molecule has 1 aromatic heterocycles. The Labute approximate surface area is 135 Å². The van der Waals surface area contributed by atoms with E-state index in [0.29, 0.717) is 36.1 Å². The molecule has 0 fully saturated rings. The molecule has 0 saturated carbocycles. The van der Waals surface area contributed by atoms with Crippen LogP contribution in [-0.2, 0) is 11.2 Å². The first-order valence-electron chi connectivity index (χ1n) is 7.19. The van der Waals surface area contributed by atoms with Gasteiger partial charge in [-0.05, 0) is 17.5 Å². The monoisotopic (exact) mass is 321 g/mol. The number of carbonyl (C=O) groups excluding carboxylic acids is 1. The van der Waals surface area contributed by atoms with Gasteiger partial charge in [-0.2, -0.15) is 4.98 Å². The quantitative estimate of drug-likeness (QED) is 0.915. The molecule has 0 aliphatic heterocycles. The molecule has 2 aromatic rings. The Morgan fingerprint density at radius 3 is 2.82 bits per heavy atom. The summed E-state index contributed by atoms with van der Waals surface area (Å²) in [6.45, 7) is 6.86. The van der Waals surface area contributed by atoms with E-state index in [4.69, 9.17) is 16.1 Å². The van der Waals surface area contributed by atoms with Gasteiger partial charge in [0, 0.05) is 30.0 Å². The van der Waals surface area contributed by atoms with Crippen molar-refractivity contribution in [3.8, 4) is 11.4 Å². The molecule has 118 valence electrons. The number of carbonyl (C=O) groups is 1. The smallest absolute Gasteiger partial charge is 0.227 e. The van der Waals surface area contributed by atoms with Crippen molar-refractivity contribution in [2.75, 3.05) is 6.54 Å². The molecule has 0 bridgehead atoms. The first kappa shape index (κ1) is 16.5. The van der Waals surface area contributed by atoms with Gasteiger partial charge in [-0.1, -0.05) is 49.7 Å². The maximum atomic E-state index is 11.8. The summed E-state index contributed by atoms with van der Waals surface area (Å²) in [4.78, 5) is 16.1. The van der Waals surface area contributed by atoms with E-state index in [0.717, 1.165) is 5.56 Å². The Morgan fingerprint density at radius 2 is 2.14 bits per heavy atom.